The fourth-order valence-electron chi connectivity index (χ4n) is 2.69. The van der Waals surface area contributed by atoms with Gasteiger partial charge in [-0.15, -0.1) is 0 Å². The summed E-state index contributed by atoms with van der Waals surface area (Å²) in [5, 5.41) is 3.48. The van der Waals surface area contributed by atoms with Gasteiger partial charge in [0.15, 0.2) is 0 Å². The molecule has 1 fully saturated rings. The fraction of sp³-hybridized carbons (Fsp3) is 0.625. The molecule has 5 heteroatoms. The van der Waals surface area contributed by atoms with Crippen molar-refractivity contribution in [2.45, 2.75) is 32.2 Å². The summed E-state index contributed by atoms with van der Waals surface area (Å²) in [6.45, 7) is 5.74. The second-order valence-electron chi connectivity index (χ2n) is 5.89. The molecule has 0 aliphatic carbocycles. The van der Waals surface area contributed by atoms with Crippen molar-refractivity contribution in [2.24, 2.45) is 0 Å². The van der Waals surface area contributed by atoms with Gasteiger partial charge in [-0.25, -0.2) is 4.98 Å². The predicted molar refractivity (Wildman–Crippen MR) is 85.6 cm³/mol. The lowest BCUT2D eigenvalue weighted by Gasteiger charge is -2.32. The SMILES string of the molecule is CCCN1CCC(Nc2ccc(C(=O)N(C)C)cn2)CC1. The van der Waals surface area contributed by atoms with Gasteiger partial charge in [0, 0.05) is 39.4 Å². The van der Waals surface area contributed by atoms with Gasteiger partial charge < -0.3 is 15.1 Å². The Morgan fingerprint density at radius 3 is 2.62 bits per heavy atom. The van der Waals surface area contributed by atoms with E-state index in [4.69, 9.17) is 0 Å². The molecule has 2 rings (SSSR count). The number of pyridine rings is 1. The van der Waals surface area contributed by atoms with Gasteiger partial charge >= 0.3 is 0 Å². The summed E-state index contributed by atoms with van der Waals surface area (Å²) < 4.78 is 0. The van der Waals surface area contributed by atoms with Crippen molar-refractivity contribution in [3.63, 3.8) is 0 Å². The van der Waals surface area contributed by atoms with Crippen molar-refractivity contribution in [2.75, 3.05) is 39.0 Å². The van der Waals surface area contributed by atoms with E-state index in [-0.39, 0.29) is 5.91 Å². The van der Waals surface area contributed by atoms with Gasteiger partial charge in [0.05, 0.1) is 5.56 Å². The quantitative estimate of drug-likeness (QED) is 0.902. The molecule has 0 atom stereocenters. The lowest BCUT2D eigenvalue weighted by molar-refractivity contribution is 0.0827. The van der Waals surface area contributed by atoms with Crippen molar-refractivity contribution in [3.8, 4) is 0 Å². The molecule has 1 aliphatic rings. The number of carbonyl (C=O) groups excluding carboxylic acids is 1. The first-order valence-electron chi connectivity index (χ1n) is 7.76. The van der Waals surface area contributed by atoms with E-state index < -0.39 is 0 Å². The summed E-state index contributed by atoms with van der Waals surface area (Å²) in [4.78, 5) is 20.2. The minimum absolute atomic E-state index is 0.0121. The molecule has 1 N–H and O–H groups in total. The molecule has 5 nitrogen and oxygen atoms in total. The van der Waals surface area contributed by atoms with Gasteiger partial charge in [-0.1, -0.05) is 6.92 Å². The van der Waals surface area contributed by atoms with Crippen LogP contribution in [0.5, 0.6) is 0 Å². The maximum Gasteiger partial charge on any atom is 0.254 e. The van der Waals surface area contributed by atoms with Crippen LogP contribution in [0.3, 0.4) is 0 Å². The number of rotatable bonds is 5. The number of piperidine rings is 1. The highest BCUT2D eigenvalue weighted by Gasteiger charge is 2.18. The van der Waals surface area contributed by atoms with Crippen LogP contribution in [-0.2, 0) is 0 Å². The zero-order chi connectivity index (χ0) is 15.2. The third kappa shape index (κ3) is 4.43. The Bertz CT molecular complexity index is 450. The average molecular weight is 290 g/mol. The Hall–Kier alpha value is -1.62. The molecule has 0 spiro atoms. The van der Waals surface area contributed by atoms with Gasteiger partial charge in [0.25, 0.3) is 5.91 Å². The Kier molecular flexibility index (Phi) is 5.56. The predicted octanol–water partition coefficient (Wildman–Crippen LogP) is 2.07. The van der Waals surface area contributed by atoms with Crippen LogP contribution < -0.4 is 5.32 Å². The Labute approximate surface area is 127 Å². The van der Waals surface area contributed by atoms with Crippen LogP contribution in [-0.4, -0.2) is 60.5 Å². The van der Waals surface area contributed by atoms with Crippen LogP contribution in [0.2, 0.25) is 0 Å². The summed E-state index contributed by atoms with van der Waals surface area (Å²) in [6, 6.07) is 4.22. The molecular formula is C16H26N4O. The van der Waals surface area contributed by atoms with E-state index in [0.717, 1.165) is 31.7 Å². The summed E-state index contributed by atoms with van der Waals surface area (Å²) >= 11 is 0. The van der Waals surface area contributed by atoms with Gasteiger partial charge in [-0.3, -0.25) is 4.79 Å². The molecule has 1 aromatic rings. The number of aromatic nitrogens is 1. The van der Waals surface area contributed by atoms with E-state index in [0.29, 0.717) is 11.6 Å². The number of nitrogens with zero attached hydrogens (tertiary/aromatic N) is 3. The highest BCUT2D eigenvalue weighted by Crippen LogP contribution is 2.16. The zero-order valence-corrected chi connectivity index (χ0v) is 13.3. The minimum atomic E-state index is -0.0121. The molecule has 0 bridgehead atoms. The smallest absolute Gasteiger partial charge is 0.254 e. The van der Waals surface area contributed by atoms with Gasteiger partial charge in [0.2, 0.25) is 0 Å². The van der Waals surface area contributed by atoms with Gasteiger partial charge in [-0.05, 0) is 37.9 Å². The summed E-state index contributed by atoms with van der Waals surface area (Å²) in [5.41, 5.74) is 0.628. The standard InChI is InChI=1S/C16H26N4O/c1-4-9-20-10-7-14(8-11-20)18-15-6-5-13(12-17-15)16(21)19(2)3/h5-6,12,14H,4,7-11H2,1-3H3,(H,17,18). The highest BCUT2D eigenvalue weighted by molar-refractivity contribution is 5.93. The first-order chi connectivity index (χ1) is 10.1. The number of amides is 1. The summed E-state index contributed by atoms with van der Waals surface area (Å²) in [6.07, 6.45) is 5.18. The van der Waals surface area contributed by atoms with Crippen LogP contribution >= 0.6 is 0 Å². The first-order valence-corrected chi connectivity index (χ1v) is 7.76. The third-order valence-corrected chi connectivity index (χ3v) is 3.90. The van der Waals surface area contributed by atoms with Crippen LogP contribution in [0.1, 0.15) is 36.5 Å². The number of nitrogens with one attached hydrogen (secondary N) is 1. The number of carbonyl (C=O) groups is 1. The lowest BCUT2D eigenvalue weighted by atomic mass is 10.0. The molecular weight excluding hydrogens is 264 g/mol. The van der Waals surface area contributed by atoms with Gasteiger partial charge in [0.1, 0.15) is 5.82 Å². The molecule has 0 unspecified atom stereocenters. The first kappa shape index (κ1) is 15.8. The molecule has 2 heterocycles. The number of hydrogen-bond donors (Lipinski definition) is 1. The van der Waals surface area contributed by atoms with Crippen LogP contribution in [0.15, 0.2) is 18.3 Å². The van der Waals surface area contributed by atoms with Crippen molar-refractivity contribution in [1.82, 2.24) is 14.8 Å². The summed E-state index contributed by atoms with van der Waals surface area (Å²) in [5.74, 6) is 0.848. The minimum Gasteiger partial charge on any atom is -0.367 e. The molecule has 0 radical (unpaired) electrons. The molecule has 1 aliphatic heterocycles. The maximum atomic E-state index is 11.8. The molecule has 1 amide bonds. The normalized spacial score (nSPS) is 16.7. The third-order valence-electron chi connectivity index (χ3n) is 3.90. The Balaban J connectivity index is 1.85. The van der Waals surface area contributed by atoms with Gasteiger partial charge in [-0.2, -0.15) is 0 Å². The Morgan fingerprint density at radius 1 is 1.38 bits per heavy atom. The molecule has 1 aromatic heterocycles. The van der Waals surface area contributed by atoms with Crippen molar-refractivity contribution >= 4 is 11.7 Å². The fourth-order valence-corrected chi connectivity index (χ4v) is 2.69. The molecule has 0 aromatic carbocycles. The van der Waals surface area contributed by atoms with E-state index in [1.54, 1.807) is 25.2 Å². The molecule has 116 valence electrons. The van der Waals surface area contributed by atoms with Crippen LogP contribution in [0, 0.1) is 0 Å². The zero-order valence-electron chi connectivity index (χ0n) is 13.3. The van der Waals surface area contributed by atoms with E-state index in [1.165, 1.54) is 13.0 Å². The van der Waals surface area contributed by atoms with E-state index in [9.17, 15) is 4.79 Å². The average Bonchev–Trinajstić information content (AvgIpc) is 2.49. The second-order valence-corrected chi connectivity index (χ2v) is 5.89. The molecule has 0 saturated carbocycles. The lowest BCUT2D eigenvalue weighted by Crippen LogP contribution is -2.39. The largest absolute Gasteiger partial charge is 0.367 e. The van der Waals surface area contributed by atoms with E-state index >= 15 is 0 Å². The maximum absolute atomic E-state index is 11.8. The second kappa shape index (κ2) is 7.41. The Morgan fingerprint density at radius 2 is 2.10 bits per heavy atom. The van der Waals surface area contributed by atoms with E-state index in [2.05, 4.69) is 22.1 Å². The van der Waals surface area contributed by atoms with Crippen LogP contribution in [0.25, 0.3) is 0 Å². The summed E-state index contributed by atoms with van der Waals surface area (Å²) in [7, 11) is 3.50. The van der Waals surface area contributed by atoms with Crippen molar-refractivity contribution in [3.05, 3.63) is 23.9 Å². The number of anilines is 1. The van der Waals surface area contributed by atoms with Crippen LogP contribution in [0.4, 0.5) is 5.82 Å². The molecule has 21 heavy (non-hydrogen) atoms. The van der Waals surface area contributed by atoms with E-state index in [1.807, 2.05) is 12.1 Å². The monoisotopic (exact) mass is 290 g/mol. The number of likely N-dealkylation sites (tertiary alicyclic amines) is 1. The van der Waals surface area contributed by atoms with Crippen molar-refractivity contribution in [1.29, 1.82) is 0 Å². The topological polar surface area (TPSA) is 48.5 Å². The highest BCUT2D eigenvalue weighted by atomic mass is 16.2. The van der Waals surface area contributed by atoms with Crippen molar-refractivity contribution < 1.29 is 4.79 Å². The molecule has 1 saturated heterocycles. The number of hydrogen-bond acceptors (Lipinski definition) is 4.